The van der Waals surface area contributed by atoms with Crippen LogP contribution in [0, 0.1) is 0 Å². The van der Waals surface area contributed by atoms with E-state index in [-0.39, 0.29) is 25.7 Å². The second-order valence-electron chi connectivity index (χ2n) is 26.2. The Morgan fingerprint density at radius 2 is 0.518 bits per heavy atom. The molecule has 0 bridgehead atoms. The lowest BCUT2D eigenvalue weighted by Gasteiger charge is -2.21. The van der Waals surface area contributed by atoms with Crippen molar-refractivity contribution in [2.45, 2.75) is 290 Å². The first kappa shape index (κ1) is 103. The van der Waals surface area contributed by atoms with Crippen LogP contribution in [0.5, 0.6) is 0 Å². The lowest BCUT2D eigenvalue weighted by Crippen LogP contribution is -2.30. The van der Waals surface area contributed by atoms with Gasteiger partial charge in [-0.15, -0.1) is 0 Å². The molecule has 618 valence electrons. The van der Waals surface area contributed by atoms with Gasteiger partial charge in [-0.2, -0.15) is 0 Å². The van der Waals surface area contributed by atoms with E-state index in [1.165, 1.54) is 19.3 Å². The predicted molar refractivity (Wildman–Crippen MR) is 454 cm³/mol. The number of ether oxygens (including phenoxy) is 4. The third-order valence-corrected chi connectivity index (χ3v) is 17.8. The molecule has 0 radical (unpaired) electrons. The molecule has 0 aromatic heterocycles. The fourth-order valence-electron chi connectivity index (χ4n) is 9.83. The molecule has 0 aliphatic carbocycles. The van der Waals surface area contributed by atoms with Crippen LogP contribution in [0.25, 0.3) is 0 Å². The van der Waals surface area contributed by atoms with Gasteiger partial charge in [0.2, 0.25) is 0 Å². The zero-order valence-electron chi connectivity index (χ0n) is 67.6. The minimum atomic E-state index is -5.03. The third kappa shape index (κ3) is 79.5. The first-order chi connectivity index (χ1) is 53.7. The van der Waals surface area contributed by atoms with Crippen molar-refractivity contribution in [2.75, 3.05) is 39.6 Å². The molecule has 0 aliphatic heterocycles. The van der Waals surface area contributed by atoms with Crippen LogP contribution >= 0.6 is 15.6 Å². The normalized spacial score (nSPS) is 14.9. The Morgan fingerprint density at radius 1 is 0.273 bits per heavy atom. The largest absolute Gasteiger partial charge is 0.472 e. The number of phosphoric acid groups is 2. The molecule has 0 saturated heterocycles. The van der Waals surface area contributed by atoms with E-state index in [2.05, 4.69) is 210 Å². The van der Waals surface area contributed by atoms with Crippen molar-refractivity contribution in [1.82, 2.24) is 0 Å². The van der Waals surface area contributed by atoms with Crippen LogP contribution in [0.2, 0.25) is 0 Å². The highest BCUT2D eigenvalue weighted by molar-refractivity contribution is 7.47. The molecule has 0 amide bonds. The molecule has 5 atom stereocenters. The van der Waals surface area contributed by atoms with Crippen LogP contribution in [0.3, 0.4) is 0 Å². The molecule has 3 N–H and O–H groups in total. The average molecular weight is 1570 g/mol. The third-order valence-electron chi connectivity index (χ3n) is 15.9. The fourth-order valence-corrected chi connectivity index (χ4v) is 11.4. The number of esters is 4. The van der Waals surface area contributed by atoms with Gasteiger partial charge in [0.05, 0.1) is 32.8 Å². The first-order valence-corrected chi connectivity index (χ1v) is 44.0. The SMILES string of the molecule is CC/C=C\C/C=C\C/C=C\C/C=C\C/C=C\CCCCCC(=O)OCC(COP(=O)(O)OCC(O)COP(=O)(O)OCC(COC(=O)CCCCCCCC/C=C\C/C=C\C/C=C\CCCCC)OC(=O)C/C=C\C/C=C\C/C=C\C/C=C\C/C=C\CC)OC(=O)CCC/C=C\C/C=C\C/C=C\C/C=C\C/C=C\CC. The zero-order valence-corrected chi connectivity index (χ0v) is 69.4. The predicted octanol–water partition coefficient (Wildman–Crippen LogP) is 24.4. The molecular weight excluding hydrogens is 1430 g/mol. The zero-order chi connectivity index (χ0) is 80.3. The van der Waals surface area contributed by atoms with Gasteiger partial charge < -0.3 is 33.8 Å². The molecule has 0 aromatic carbocycles. The standard InChI is InChI=1S/C91H142O17P2/c1-5-9-13-17-21-25-29-33-37-40-42-45-48-51-55-59-63-67-71-75-88(93)101-81-86(107-90(95)77-73-69-65-61-57-53-47-36-32-28-24-20-16-12-8-4)83-105-109(97,98)103-79-85(92)80-104-110(99,100)106-84-87(108-91(96)78-74-70-66-62-58-54-50-44-39-35-31-27-23-19-15-11-7-3)82-102-89(94)76-72-68-64-60-56-52-49-46-43-41-38-34-30-26-22-18-14-10-6-2/h10-12,14-16,21-28,33-39,42-43,45-47,50,52,54,56-57,61-62,66,69,73,85-87,92H,5-9,13,17-20,29-32,40-41,44,48-49,51,53,55,58-60,63-65,67-68,70-72,74-84H2,1-4H3,(H,97,98)(H,99,100)/b14-10-,15-11-,16-12-,25-21-,26-22-,27-23-,28-24-,37-33-,38-34-,39-35-,45-42-,46-43-,47-36-,54-50-,56-52-,61-57-,66-62-,73-69-. The lowest BCUT2D eigenvalue weighted by atomic mass is 10.1. The number of aliphatic hydroxyl groups is 1. The Bertz CT molecular complexity index is 2950. The van der Waals surface area contributed by atoms with Crippen LogP contribution in [0.4, 0.5) is 0 Å². The molecule has 17 nitrogen and oxygen atoms in total. The number of unbranched alkanes of at least 4 members (excludes halogenated alkanes) is 13. The summed E-state index contributed by atoms with van der Waals surface area (Å²) in [6, 6.07) is 0. The molecule has 0 aromatic rings. The average Bonchev–Trinajstić information content (AvgIpc) is 0.906. The first-order valence-electron chi connectivity index (χ1n) is 41.0. The molecule has 0 fully saturated rings. The van der Waals surface area contributed by atoms with E-state index < -0.39 is 97.5 Å². The highest BCUT2D eigenvalue weighted by Crippen LogP contribution is 2.45. The molecular formula is C91H142O17P2. The van der Waals surface area contributed by atoms with Gasteiger partial charge in [0.1, 0.15) is 19.3 Å². The fraction of sp³-hybridized carbons (Fsp3) is 0.560. The lowest BCUT2D eigenvalue weighted by molar-refractivity contribution is -0.161. The van der Waals surface area contributed by atoms with Gasteiger partial charge in [-0.05, 0) is 173 Å². The van der Waals surface area contributed by atoms with Gasteiger partial charge in [0.25, 0.3) is 0 Å². The van der Waals surface area contributed by atoms with Gasteiger partial charge >= 0.3 is 39.5 Å². The monoisotopic (exact) mass is 1570 g/mol. The molecule has 0 rings (SSSR count). The Balaban J connectivity index is 5.55. The number of carbonyl (C=O) groups is 4. The minimum Gasteiger partial charge on any atom is -0.462 e. The number of rotatable bonds is 74. The van der Waals surface area contributed by atoms with E-state index in [4.69, 9.17) is 37.0 Å². The highest BCUT2D eigenvalue weighted by Gasteiger charge is 2.30. The van der Waals surface area contributed by atoms with Gasteiger partial charge in [0, 0.05) is 19.3 Å². The van der Waals surface area contributed by atoms with E-state index >= 15 is 0 Å². The topological polar surface area (TPSA) is 237 Å². The van der Waals surface area contributed by atoms with Gasteiger partial charge in [-0.3, -0.25) is 37.3 Å². The van der Waals surface area contributed by atoms with E-state index in [0.29, 0.717) is 32.1 Å². The smallest absolute Gasteiger partial charge is 0.462 e. The van der Waals surface area contributed by atoms with Crippen LogP contribution in [-0.2, 0) is 65.4 Å². The summed E-state index contributed by atoms with van der Waals surface area (Å²) in [6.45, 7) is 4.24. The number of phosphoric ester groups is 2. The quantitative estimate of drug-likeness (QED) is 0.0169. The second kappa shape index (κ2) is 80.4. The van der Waals surface area contributed by atoms with Crippen molar-refractivity contribution >= 4 is 39.5 Å². The maximum Gasteiger partial charge on any atom is 0.472 e. The summed E-state index contributed by atoms with van der Waals surface area (Å²) >= 11 is 0. The van der Waals surface area contributed by atoms with Gasteiger partial charge in [-0.25, -0.2) is 9.13 Å². The number of allylic oxidation sites excluding steroid dienone is 35. The summed E-state index contributed by atoms with van der Waals surface area (Å²) in [5.41, 5.74) is 0. The summed E-state index contributed by atoms with van der Waals surface area (Å²) in [7, 11) is -10.1. The van der Waals surface area contributed by atoms with Crippen molar-refractivity contribution in [3.63, 3.8) is 0 Å². The second-order valence-corrected chi connectivity index (χ2v) is 29.1. The maximum absolute atomic E-state index is 13.1. The maximum atomic E-state index is 13.1. The Labute approximate surface area is 664 Å². The molecule has 19 heteroatoms. The number of hydrogen-bond acceptors (Lipinski definition) is 15. The summed E-state index contributed by atoms with van der Waals surface area (Å²) in [6.07, 6.45) is 102. The Kier molecular flexibility index (Phi) is 75.6. The van der Waals surface area contributed by atoms with Crippen molar-refractivity contribution in [3.05, 3.63) is 219 Å². The van der Waals surface area contributed by atoms with Crippen LogP contribution in [-0.4, -0.2) is 96.7 Å². The molecule has 0 heterocycles. The van der Waals surface area contributed by atoms with E-state index in [1.807, 2.05) is 24.3 Å². The van der Waals surface area contributed by atoms with E-state index in [9.17, 15) is 43.2 Å². The summed E-state index contributed by atoms with van der Waals surface area (Å²) in [5, 5.41) is 10.7. The Hall–Kier alpha value is -6.62. The summed E-state index contributed by atoms with van der Waals surface area (Å²) in [5.74, 6) is -2.47. The van der Waals surface area contributed by atoms with Crippen LogP contribution in [0.1, 0.15) is 272 Å². The molecule has 5 unspecified atom stereocenters. The molecule has 110 heavy (non-hydrogen) atoms. The molecule has 0 spiro atoms. The van der Waals surface area contributed by atoms with Crippen LogP contribution in [0.15, 0.2) is 219 Å². The summed E-state index contributed by atoms with van der Waals surface area (Å²) < 4.78 is 68.5. The molecule has 0 aliphatic rings. The summed E-state index contributed by atoms with van der Waals surface area (Å²) in [4.78, 5) is 73.1. The van der Waals surface area contributed by atoms with Gasteiger partial charge in [0.15, 0.2) is 12.2 Å². The highest BCUT2D eigenvalue weighted by atomic mass is 31.2. The minimum absolute atomic E-state index is 0.00377. The Morgan fingerprint density at radius 3 is 0.845 bits per heavy atom. The van der Waals surface area contributed by atoms with Crippen molar-refractivity contribution in [2.24, 2.45) is 0 Å². The number of carbonyl (C=O) groups excluding carboxylic acids is 4. The van der Waals surface area contributed by atoms with E-state index in [0.717, 1.165) is 167 Å². The van der Waals surface area contributed by atoms with Crippen molar-refractivity contribution in [3.8, 4) is 0 Å². The van der Waals surface area contributed by atoms with E-state index in [1.54, 1.807) is 12.2 Å². The molecule has 0 saturated carbocycles. The van der Waals surface area contributed by atoms with Crippen LogP contribution < -0.4 is 0 Å². The van der Waals surface area contributed by atoms with Gasteiger partial charge in [-0.1, -0.05) is 291 Å². The number of aliphatic hydroxyl groups excluding tert-OH is 1. The van der Waals surface area contributed by atoms with Crippen molar-refractivity contribution in [1.29, 1.82) is 0 Å². The van der Waals surface area contributed by atoms with Crippen molar-refractivity contribution < 1.29 is 80.2 Å². The number of hydrogen-bond donors (Lipinski definition) is 3.